The monoisotopic (exact) mass is 244 g/mol. The van der Waals surface area contributed by atoms with Crippen LogP contribution in [0, 0.1) is 11.6 Å². The molecule has 1 aromatic rings. The van der Waals surface area contributed by atoms with Crippen LogP contribution in [0.4, 0.5) is 8.78 Å². The van der Waals surface area contributed by atoms with Gasteiger partial charge in [-0.05, 0) is 30.2 Å². The van der Waals surface area contributed by atoms with E-state index >= 15 is 0 Å². The molecule has 2 rings (SSSR count). The zero-order chi connectivity index (χ0) is 11.5. The number of hydrogen-bond acceptors (Lipinski definition) is 2. The maximum atomic E-state index is 13.4. The number of rotatable bonds is 3. The highest BCUT2D eigenvalue weighted by atomic mass is 32.2. The van der Waals surface area contributed by atoms with E-state index in [4.69, 9.17) is 0 Å². The number of thioether (sulfide) groups is 1. The minimum Gasteiger partial charge on any atom is -0.392 e. The van der Waals surface area contributed by atoms with Crippen molar-refractivity contribution in [3.8, 4) is 0 Å². The van der Waals surface area contributed by atoms with Gasteiger partial charge in [-0.3, -0.25) is 0 Å². The number of benzene rings is 1. The minimum atomic E-state index is -0.844. The van der Waals surface area contributed by atoms with Crippen LogP contribution < -0.4 is 0 Å². The molecule has 1 nitrogen and oxygen atoms in total. The molecule has 0 aliphatic carbocycles. The third-order valence-electron chi connectivity index (χ3n) is 2.85. The van der Waals surface area contributed by atoms with Gasteiger partial charge in [0.05, 0.1) is 6.10 Å². The molecule has 0 radical (unpaired) electrons. The van der Waals surface area contributed by atoms with Crippen molar-refractivity contribution in [3.05, 3.63) is 35.4 Å². The third-order valence-corrected chi connectivity index (χ3v) is 4.36. The van der Waals surface area contributed by atoms with Crippen LogP contribution in [0.15, 0.2) is 18.2 Å². The summed E-state index contributed by atoms with van der Waals surface area (Å²) >= 11 is 1.71. The first-order valence-electron chi connectivity index (χ1n) is 5.41. The van der Waals surface area contributed by atoms with E-state index in [1.807, 2.05) is 0 Å². The molecule has 16 heavy (non-hydrogen) atoms. The smallest absolute Gasteiger partial charge is 0.162 e. The van der Waals surface area contributed by atoms with Gasteiger partial charge in [-0.15, -0.1) is 0 Å². The van der Waals surface area contributed by atoms with Gasteiger partial charge < -0.3 is 5.11 Å². The molecule has 2 atom stereocenters. The first-order valence-corrected chi connectivity index (χ1v) is 6.46. The highest BCUT2D eigenvalue weighted by Gasteiger charge is 2.25. The fraction of sp³-hybridized carbons (Fsp3) is 0.500. The summed E-state index contributed by atoms with van der Waals surface area (Å²) in [6.45, 7) is 0. The minimum absolute atomic E-state index is 0.169. The van der Waals surface area contributed by atoms with Gasteiger partial charge in [0.2, 0.25) is 0 Å². The van der Waals surface area contributed by atoms with Crippen molar-refractivity contribution in [1.82, 2.24) is 0 Å². The lowest BCUT2D eigenvalue weighted by molar-refractivity contribution is 0.169. The van der Waals surface area contributed by atoms with E-state index in [9.17, 15) is 13.9 Å². The molecule has 0 amide bonds. The molecular weight excluding hydrogens is 230 g/mol. The zero-order valence-electron chi connectivity index (χ0n) is 8.83. The van der Waals surface area contributed by atoms with Crippen molar-refractivity contribution < 1.29 is 13.9 Å². The highest BCUT2D eigenvalue weighted by molar-refractivity contribution is 8.00. The van der Waals surface area contributed by atoms with Crippen molar-refractivity contribution >= 4 is 11.8 Å². The van der Waals surface area contributed by atoms with Crippen molar-refractivity contribution in [1.29, 1.82) is 0 Å². The van der Waals surface area contributed by atoms with E-state index in [1.54, 1.807) is 11.8 Å². The normalized spacial score (nSPS) is 22.3. The molecule has 1 aromatic carbocycles. The molecule has 2 unspecified atom stereocenters. The Bertz CT molecular complexity index is 364. The van der Waals surface area contributed by atoms with E-state index in [2.05, 4.69) is 0 Å². The Morgan fingerprint density at radius 1 is 1.44 bits per heavy atom. The summed E-state index contributed by atoms with van der Waals surface area (Å²) in [4.78, 5) is 0. The van der Waals surface area contributed by atoms with E-state index < -0.39 is 17.7 Å². The molecule has 0 spiro atoms. The zero-order valence-corrected chi connectivity index (χ0v) is 9.64. The van der Waals surface area contributed by atoms with Crippen LogP contribution in [-0.4, -0.2) is 22.2 Å². The summed E-state index contributed by atoms with van der Waals surface area (Å²) in [5, 5.41) is 10.1. The third kappa shape index (κ3) is 2.55. The quantitative estimate of drug-likeness (QED) is 0.882. The van der Waals surface area contributed by atoms with E-state index in [1.165, 1.54) is 12.1 Å². The Morgan fingerprint density at radius 2 is 2.25 bits per heavy atom. The molecule has 88 valence electrons. The topological polar surface area (TPSA) is 20.2 Å². The van der Waals surface area contributed by atoms with E-state index in [0.717, 1.165) is 24.7 Å². The van der Waals surface area contributed by atoms with Crippen molar-refractivity contribution in [2.75, 3.05) is 5.75 Å². The number of aliphatic hydroxyl groups is 1. The molecule has 1 aliphatic heterocycles. The van der Waals surface area contributed by atoms with Gasteiger partial charge in [0.15, 0.2) is 11.6 Å². The van der Waals surface area contributed by atoms with E-state index in [-0.39, 0.29) is 17.2 Å². The second-order valence-electron chi connectivity index (χ2n) is 4.04. The van der Waals surface area contributed by atoms with Crippen molar-refractivity contribution in [2.45, 2.75) is 30.6 Å². The van der Waals surface area contributed by atoms with Gasteiger partial charge >= 0.3 is 0 Å². The van der Waals surface area contributed by atoms with Gasteiger partial charge in [0, 0.05) is 11.7 Å². The predicted molar refractivity (Wildman–Crippen MR) is 61.5 cm³/mol. The summed E-state index contributed by atoms with van der Waals surface area (Å²) in [5.74, 6) is -0.624. The SMILES string of the molecule is OC(Cc1cccc(F)c1F)C1CCCS1. The van der Waals surface area contributed by atoms with Crippen molar-refractivity contribution in [2.24, 2.45) is 0 Å². The Balaban J connectivity index is 2.05. The Kier molecular flexibility index (Phi) is 3.82. The fourth-order valence-corrected chi connectivity index (χ4v) is 3.26. The van der Waals surface area contributed by atoms with Crippen LogP contribution in [-0.2, 0) is 6.42 Å². The lowest BCUT2D eigenvalue weighted by Gasteiger charge is -2.17. The predicted octanol–water partition coefficient (Wildman–Crippen LogP) is 2.76. The second-order valence-corrected chi connectivity index (χ2v) is 5.38. The first kappa shape index (κ1) is 11.9. The highest BCUT2D eigenvalue weighted by Crippen LogP contribution is 2.30. The van der Waals surface area contributed by atoms with Crippen LogP contribution in [0.2, 0.25) is 0 Å². The Morgan fingerprint density at radius 3 is 2.94 bits per heavy atom. The molecule has 0 aromatic heterocycles. The van der Waals surface area contributed by atoms with Crippen LogP contribution in [0.1, 0.15) is 18.4 Å². The summed E-state index contributed by atoms with van der Waals surface area (Å²) in [6.07, 6.45) is 1.67. The lowest BCUT2D eigenvalue weighted by Crippen LogP contribution is -2.23. The standard InChI is InChI=1S/C12H14F2OS/c13-9-4-1-3-8(12(9)14)7-10(15)11-5-2-6-16-11/h1,3-4,10-11,15H,2,5-7H2. The first-order chi connectivity index (χ1) is 7.68. The maximum Gasteiger partial charge on any atom is 0.162 e. The number of hydrogen-bond donors (Lipinski definition) is 1. The van der Waals surface area contributed by atoms with Gasteiger partial charge in [-0.25, -0.2) is 8.78 Å². The molecular formula is C12H14F2OS. The molecule has 1 aliphatic rings. The van der Waals surface area contributed by atoms with Gasteiger partial charge in [0.1, 0.15) is 0 Å². The van der Waals surface area contributed by atoms with E-state index in [0.29, 0.717) is 0 Å². The molecule has 0 bridgehead atoms. The molecule has 1 N–H and O–H groups in total. The maximum absolute atomic E-state index is 13.4. The van der Waals surface area contributed by atoms with Crippen LogP contribution in [0.3, 0.4) is 0 Å². The largest absolute Gasteiger partial charge is 0.392 e. The summed E-state index contributed by atoms with van der Waals surface area (Å²) in [5.41, 5.74) is 0.264. The molecule has 1 heterocycles. The van der Waals surface area contributed by atoms with Gasteiger partial charge in [-0.2, -0.15) is 11.8 Å². The van der Waals surface area contributed by atoms with Crippen LogP contribution >= 0.6 is 11.8 Å². The Labute approximate surface area is 97.9 Å². The number of halogens is 2. The average Bonchev–Trinajstić information content (AvgIpc) is 2.78. The fourth-order valence-electron chi connectivity index (χ4n) is 1.97. The Hall–Kier alpha value is -0.610. The van der Waals surface area contributed by atoms with Gasteiger partial charge in [0.25, 0.3) is 0 Å². The summed E-state index contributed by atoms with van der Waals surface area (Å²) < 4.78 is 26.3. The molecule has 1 fully saturated rings. The average molecular weight is 244 g/mol. The van der Waals surface area contributed by atoms with Crippen molar-refractivity contribution in [3.63, 3.8) is 0 Å². The lowest BCUT2D eigenvalue weighted by atomic mass is 10.0. The molecule has 1 saturated heterocycles. The van der Waals surface area contributed by atoms with Crippen LogP contribution in [0.5, 0.6) is 0 Å². The number of aliphatic hydroxyl groups excluding tert-OH is 1. The summed E-state index contributed by atoms with van der Waals surface area (Å²) in [6, 6.07) is 4.10. The summed E-state index contributed by atoms with van der Waals surface area (Å²) in [7, 11) is 0. The van der Waals surface area contributed by atoms with Gasteiger partial charge in [-0.1, -0.05) is 12.1 Å². The second kappa shape index (κ2) is 5.15. The van der Waals surface area contributed by atoms with Crippen LogP contribution in [0.25, 0.3) is 0 Å². The molecule has 0 saturated carbocycles. The molecule has 4 heteroatoms.